The van der Waals surface area contributed by atoms with Gasteiger partial charge in [0.1, 0.15) is 0 Å². The number of para-hydroxylation sites is 3. The Morgan fingerprint density at radius 3 is 1.59 bits per heavy atom. The van der Waals surface area contributed by atoms with Gasteiger partial charge in [-0.05, 0) is 141 Å². The molecule has 1 fully saturated rings. The molecule has 2 unspecified atom stereocenters. The first-order valence-corrected chi connectivity index (χ1v) is 22.6. The van der Waals surface area contributed by atoms with E-state index in [-0.39, 0.29) is 12.1 Å². The molecule has 13 rings (SSSR count). The molecule has 3 aliphatic rings. The average molecular weight is 905 g/mol. The normalized spacial score (nSPS) is 15.7. The van der Waals surface area contributed by atoms with E-state index in [1.54, 1.807) is 0 Å². The number of nitrogens with one attached hydrogen (secondary N) is 1. The molecule has 8 aromatic carbocycles. The molecule has 0 amide bonds. The first kappa shape index (κ1) is 39.2. The van der Waals surface area contributed by atoms with Crippen molar-refractivity contribution in [3.05, 3.63) is 208 Å². The fourth-order valence-corrected chi connectivity index (χ4v) is 10.1. The zero-order valence-electron chi connectivity index (χ0n) is 34.2. The van der Waals surface area contributed by atoms with Crippen LogP contribution in [0.1, 0.15) is 47.9 Å². The summed E-state index contributed by atoms with van der Waals surface area (Å²) in [5, 5.41) is 5.48. The molecule has 3 aliphatic carbocycles. The molecule has 0 bridgehead atoms. The molecule has 0 saturated heterocycles. The van der Waals surface area contributed by atoms with E-state index < -0.39 is 0 Å². The number of aromatic nitrogens is 2. The summed E-state index contributed by atoms with van der Waals surface area (Å²) in [6.07, 6.45) is 6.86. The number of halogens is 1. The van der Waals surface area contributed by atoms with Crippen LogP contribution in [0, 0.1) is 3.57 Å². The van der Waals surface area contributed by atoms with E-state index in [4.69, 9.17) is 11.5 Å². The zero-order valence-corrected chi connectivity index (χ0v) is 36.4. The number of rotatable bonds is 1. The zero-order chi connectivity index (χ0) is 41.3. The molecule has 61 heavy (non-hydrogen) atoms. The SMILES string of the molecule is Ic1ccccc1.NC1CCCCC1N.c1ccc(-n2c3ccccc3c3c4c(ccc32)-c2ccccc2C4)cc1.c1ccc2c(c1)Cc1c-2ccc2[nH]c3ccccc3c12. The predicted molar refractivity (Wildman–Crippen MR) is 267 cm³/mol. The Kier molecular flexibility index (Phi) is 11.0. The van der Waals surface area contributed by atoms with Gasteiger partial charge in [0.05, 0.1) is 11.0 Å². The molecule has 4 nitrogen and oxygen atoms in total. The molecule has 300 valence electrons. The summed E-state index contributed by atoms with van der Waals surface area (Å²) >= 11 is 2.28. The number of nitrogens with two attached hydrogens (primary N) is 2. The molecule has 0 radical (unpaired) electrons. The van der Waals surface area contributed by atoms with Crippen molar-refractivity contribution in [2.75, 3.05) is 0 Å². The van der Waals surface area contributed by atoms with Gasteiger partial charge < -0.3 is 21.0 Å². The summed E-state index contributed by atoms with van der Waals surface area (Å²) in [5.74, 6) is 0. The van der Waals surface area contributed by atoms with E-state index in [0.717, 1.165) is 25.7 Å². The van der Waals surface area contributed by atoms with Gasteiger partial charge in [-0.2, -0.15) is 0 Å². The van der Waals surface area contributed by atoms with Crippen molar-refractivity contribution in [1.82, 2.24) is 9.55 Å². The van der Waals surface area contributed by atoms with Gasteiger partial charge in [-0.1, -0.05) is 146 Å². The van der Waals surface area contributed by atoms with Gasteiger partial charge in [-0.25, -0.2) is 0 Å². The lowest BCUT2D eigenvalue weighted by molar-refractivity contribution is 0.385. The van der Waals surface area contributed by atoms with Crippen LogP contribution in [-0.4, -0.2) is 21.6 Å². The molecule has 10 aromatic rings. The van der Waals surface area contributed by atoms with Gasteiger partial charge in [0.15, 0.2) is 0 Å². The van der Waals surface area contributed by atoms with Crippen molar-refractivity contribution in [2.24, 2.45) is 11.5 Å². The van der Waals surface area contributed by atoms with Crippen LogP contribution in [0.5, 0.6) is 0 Å². The van der Waals surface area contributed by atoms with Crippen molar-refractivity contribution in [3.8, 4) is 27.9 Å². The second-order valence-corrected chi connectivity index (χ2v) is 17.7. The lowest BCUT2D eigenvalue weighted by atomic mass is 9.92. The minimum Gasteiger partial charge on any atom is -0.355 e. The smallest absolute Gasteiger partial charge is 0.0544 e. The molecule has 0 aliphatic heterocycles. The van der Waals surface area contributed by atoms with Gasteiger partial charge in [0, 0.05) is 53.9 Å². The number of nitrogens with zero attached hydrogens (tertiary/aromatic N) is 1. The maximum Gasteiger partial charge on any atom is 0.0544 e. The fraction of sp³-hybridized carbons (Fsp3) is 0.143. The lowest BCUT2D eigenvalue weighted by Gasteiger charge is -2.24. The third-order valence-corrected chi connectivity index (χ3v) is 13.4. The van der Waals surface area contributed by atoms with Crippen LogP contribution in [0.2, 0.25) is 0 Å². The molecule has 0 spiro atoms. The second kappa shape index (κ2) is 17.2. The number of hydrogen-bond donors (Lipinski definition) is 3. The molecule has 2 heterocycles. The summed E-state index contributed by atoms with van der Waals surface area (Å²) in [4.78, 5) is 3.53. The molecular formula is C56H49IN4. The van der Waals surface area contributed by atoms with Crippen LogP contribution in [0.25, 0.3) is 71.6 Å². The van der Waals surface area contributed by atoms with E-state index >= 15 is 0 Å². The van der Waals surface area contributed by atoms with Gasteiger partial charge in [0.2, 0.25) is 0 Å². The summed E-state index contributed by atoms with van der Waals surface area (Å²) in [5.41, 5.74) is 29.0. The van der Waals surface area contributed by atoms with Crippen LogP contribution in [0.15, 0.2) is 182 Å². The Hall–Kier alpha value is -5.99. The van der Waals surface area contributed by atoms with E-state index in [1.807, 2.05) is 18.2 Å². The predicted octanol–water partition coefficient (Wildman–Crippen LogP) is 13.8. The molecule has 5 N–H and O–H groups in total. The van der Waals surface area contributed by atoms with Crippen molar-refractivity contribution in [2.45, 2.75) is 50.6 Å². The molecular weight excluding hydrogens is 856 g/mol. The highest BCUT2D eigenvalue weighted by atomic mass is 127. The first-order valence-electron chi connectivity index (χ1n) is 21.5. The topological polar surface area (TPSA) is 72.8 Å². The molecule has 2 aromatic heterocycles. The van der Waals surface area contributed by atoms with Gasteiger partial charge >= 0.3 is 0 Å². The average Bonchev–Trinajstić information content (AvgIpc) is 4.07. The van der Waals surface area contributed by atoms with Crippen LogP contribution >= 0.6 is 22.6 Å². The number of aromatic amines is 1. The summed E-state index contributed by atoms with van der Waals surface area (Å²) in [6, 6.07) is 65.5. The number of fused-ring (bicyclic) bond motifs is 14. The molecule has 1 saturated carbocycles. The monoisotopic (exact) mass is 904 g/mol. The van der Waals surface area contributed by atoms with Gasteiger partial charge in [-0.15, -0.1) is 0 Å². The first-order chi connectivity index (χ1) is 30.0. The Morgan fingerprint density at radius 2 is 0.967 bits per heavy atom. The summed E-state index contributed by atoms with van der Waals surface area (Å²) < 4.78 is 3.69. The van der Waals surface area contributed by atoms with E-state index in [2.05, 4.69) is 196 Å². The maximum atomic E-state index is 5.65. The Labute approximate surface area is 371 Å². The van der Waals surface area contributed by atoms with E-state index in [9.17, 15) is 0 Å². The second-order valence-electron chi connectivity index (χ2n) is 16.4. The van der Waals surface area contributed by atoms with E-state index in [1.165, 1.54) is 110 Å². The molecule has 2 atom stereocenters. The Bertz CT molecular complexity index is 3130. The summed E-state index contributed by atoms with van der Waals surface area (Å²) in [6.45, 7) is 0. The third kappa shape index (κ3) is 7.56. The van der Waals surface area contributed by atoms with Crippen molar-refractivity contribution in [1.29, 1.82) is 0 Å². The largest absolute Gasteiger partial charge is 0.355 e. The number of hydrogen-bond acceptors (Lipinski definition) is 2. The summed E-state index contributed by atoms with van der Waals surface area (Å²) in [7, 11) is 0. The van der Waals surface area contributed by atoms with E-state index in [0.29, 0.717) is 0 Å². The standard InChI is InChI=1S/C25H17N.C19H13N.C6H5I.C6H14N2/c1-2-9-18(10-3-1)26-23-13-7-6-12-21(23)25-22-16-17-8-4-5-11-19(17)20(22)14-15-24(25)26;1-2-6-13-12(5-1)11-16-14(13)9-10-18-19(16)15-7-3-4-8-17(15)20-18;7-6-4-2-1-3-5-6;7-5-3-1-2-4-6(5)8/h1-15H,16H2;1-10,20H,11H2;1-5H;5-6H,1-4,7-8H2. The molecule has 5 heteroatoms. The maximum absolute atomic E-state index is 5.65. The van der Waals surface area contributed by atoms with Gasteiger partial charge in [0.25, 0.3) is 0 Å². The van der Waals surface area contributed by atoms with Crippen molar-refractivity contribution >= 4 is 66.2 Å². The minimum atomic E-state index is 0.281. The highest BCUT2D eigenvalue weighted by molar-refractivity contribution is 14.1. The minimum absolute atomic E-state index is 0.281. The Morgan fingerprint density at radius 1 is 0.443 bits per heavy atom. The van der Waals surface area contributed by atoms with Gasteiger partial charge in [-0.3, -0.25) is 0 Å². The van der Waals surface area contributed by atoms with Crippen LogP contribution in [-0.2, 0) is 12.8 Å². The fourth-order valence-electron chi connectivity index (χ4n) is 9.73. The quantitative estimate of drug-likeness (QED) is 0.144. The number of benzene rings is 8. The lowest BCUT2D eigenvalue weighted by Crippen LogP contribution is -2.43. The number of H-pyrrole nitrogens is 1. The third-order valence-electron chi connectivity index (χ3n) is 12.7. The van der Waals surface area contributed by atoms with Crippen molar-refractivity contribution < 1.29 is 0 Å². The van der Waals surface area contributed by atoms with Crippen LogP contribution < -0.4 is 11.5 Å². The van der Waals surface area contributed by atoms with Crippen molar-refractivity contribution in [3.63, 3.8) is 0 Å². The highest BCUT2D eigenvalue weighted by Gasteiger charge is 2.24. The van der Waals surface area contributed by atoms with Crippen LogP contribution in [0.4, 0.5) is 0 Å². The van der Waals surface area contributed by atoms with Crippen LogP contribution in [0.3, 0.4) is 0 Å². The highest BCUT2D eigenvalue weighted by Crippen LogP contribution is 2.45. The Balaban J connectivity index is 0.000000111.